The van der Waals surface area contributed by atoms with E-state index in [2.05, 4.69) is 6.92 Å². The van der Waals surface area contributed by atoms with Gasteiger partial charge in [-0.15, -0.1) is 0 Å². The van der Waals surface area contributed by atoms with Gasteiger partial charge in [0.25, 0.3) is 0 Å². The summed E-state index contributed by atoms with van der Waals surface area (Å²) in [7, 11) is 0. The zero-order chi connectivity index (χ0) is 13.8. The van der Waals surface area contributed by atoms with Gasteiger partial charge in [0, 0.05) is 5.02 Å². The third-order valence-corrected chi connectivity index (χ3v) is 4.85. The number of halogens is 2. The molecule has 106 valence electrons. The number of hydrogen-bond acceptors (Lipinski definition) is 1. The molecular formula is C16H23ClFN. The van der Waals surface area contributed by atoms with E-state index >= 15 is 0 Å². The van der Waals surface area contributed by atoms with E-state index < -0.39 is 0 Å². The van der Waals surface area contributed by atoms with Crippen LogP contribution >= 0.6 is 11.6 Å². The Bertz CT molecular complexity index is 421. The highest BCUT2D eigenvalue weighted by atomic mass is 35.5. The van der Waals surface area contributed by atoms with E-state index in [0.717, 1.165) is 17.9 Å². The Kier molecular flexibility index (Phi) is 5.23. The second kappa shape index (κ2) is 6.71. The number of benzene rings is 1. The fourth-order valence-electron chi connectivity index (χ4n) is 3.34. The molecular weight excluding hydrogens is 261 g/mol. The minimum absolute atomic E-state index is 0.140. The third-order valence-electron chi connectivity index (χ3n) is 4.62. The van der Waals surface area contributed by atoms with Crippen molar-refractivity contribution >= 4 is 11.6 Å². The Balaban J connectivity index is 2.11. The fraction of sp³-hybridized carbons (Fsp3) is 0.625. The molecule has 3 heteroatoms. The lowest BCUT2D eigenvalue weighted by molar-refractivity contribution is 0.179. The van der Waals surface area contributed by atoms with Gasteiger partial charge in [0.2, 0.25) is 0 Å². The SMILES string of the molecule is CCC1CCC(CN)C(Cc2cc(Cl)ccc2F)C1. The number of rotatable bonds is 4. The normalized spacial score (nSPS) is 27.5. The summed E-state index contributed by atoms with van der Waals surface area (Å²) in [6, 6.07) is 4.84. The maximum Gasteiger partial charge on any atom is 0.126 e. The van der Waals surface area contributed by atoms with E-state index in [0.29, 0.717) is 23.4 Å². The Labute approximate surface area is 120 Å². The van der Waals surface area contributed by atoms with Crippen molar-refractivity contribution in [2.75, 3.05) is 6.54 Å². The molecule has 19 heavy (non-hydrogen) atoms. The summed E-state index contributed by atoms with van der Waals surface area (Å²) in [6.07, 6.45) is 5.61. The van der Waals surface area contributed by atoms with Crippen LogP contribution in [0, 0.1) is 23.6 Å². The van der Waals surface area contributed by atoms with Crippen molar-refractivity contribution in [3.8, 4) is 0 Å². The minimum Gasteiger partial charge on any atom is -0.330 e. The van der Waals surface area contributed by atoms with Crippen molar-refractivity contribution in [2.24, 2.45) is 23.5 Å². The molecule has 0 saturated heterocycles. The molecule has 1 saturated carbocycles. The van der Waals surface area contributed by atoms with Crippen LogP contribution < -0.4 is 5.73 Å². The molecule has 1 aliphatic rings. The second-order valence-corrected chi connectivity index (χ2v) is 6.22. The monoisotopic (exact) mass is 283 g/mol. The van der Waals surface area contributed by atoms with Gasteiger partial charge in [-0.3, -0.25) is 0 Å². The van der Waals surface area contributed by atoms with Gasteiger partial charge < -0.3 is 5.73 Å². The van der Waals surface area contributed by atoms with Crippen molar-refractivity contribution in [1.82, 2.24) is 0 Å². The number of nitrogens with two attached hydrogens (primary N) is 1. The molecule has 0 spiro atoms. The molecule has 0 heterocycles. The lowest BCUT2D eigenvalue weighted by Gasteiger charge is -2.35. The van der Waals surface area contributed by atoms with E-state index in [-0.39, 0.29) is 5.82 Å². The zero-order valence-electron chi connectivity index (χ0n) is 11.5. The first kappa shape index (κ1) is 14.8. The van der Waals surface area contributed by atoms with Crippen molar-refractivity contribution in [3.05, 3.63) is 34.6 Å². The zero-order valence-corrected chi connectivity index (χ0v) is 12.3. The average molecular weight is 284 g/mol. The van der Waals surface area contributed by atoms with Gasteiger partial charge in [-0.2, -0.15) is 0 Å². The van der Waals surface area contributed by atoms with E-state index in [1.807, 2.05) is 0 Å². The van der Waals surface area contributed by atoms with E-state index in [1.54, 1.807) is 12.1 Å². The topological polar surface area (TPSA) is 26.0 Å². The smallest absolute Gasteiger partial charge is 0.126 e. The van der Waals surface area contributed by atoms with Crippen LogP contribution in [0.1, 0.15) is 38.2 Å². The molecule has 2 rings (SSSR count). The van der Waals surface area contributed by atoms with Gasteiger partial charge in [0.1, 0.15) is 5.82 Å². The molecule has 2 N–H and O–H groups in total. The molecule has 1 fully saturated rings. The third kappa shape index (κ3) is 3.70. The lowest BCUT2D eigenvalue weighted by Crippen LogP contribution is -2.31. The van der Waals surface area contributed by atoms with Crippen molar-refractivity contribution < 1.29 is 4.39 Å². The predicted molar refractivity (Wildman–Crippen MR) is 78.8 cm³/mol. The first-order valence-electron chi connectivity index (χ1n) is 7.28. The maximum absolute atomic E-state index is 13.8. The van der Waals surface area contributed by atoms with E-state index in [1.165, 1.54) is 31.7 Å². The molecule has 1 aliphatic carbocycles. The van der Waals surface area contributed by atoms with Crippen LogP contribution in [0.2, 0.25) is 5.02 Å². The summed E-state index contributed by atoms with van der Waals surface area (Å²) in [5.41, 5.74) is 6.63. The maximum atomic E-state index is 13.8. The van der Waals surface area contributed by atoms with Crippen LogP contribution in [0.5, 0.6) is 0 Å². The standard InChI is InChI=1S/C16H23ClFN/c1-2-11-3-4-12(10-19)13(7-11)8-14-9-15(17)5-6-16(14)18/h5-6,9,11-13H,2-4,7-8,10,19H2,1H3. The first-order valence-corrected chi connectivity index (χ1v) is 7.65. The summed E-state index contributed by atoms with van der Waals surface area (Å²) < 4.78 is 13.8. The van der Waals surface area contributed by atoms with Crippen molar-refractivity contribution in [1.29, 1.82) is 0 Å². The van der Waals surface area contributed by atoms with Gasteiger partial charge in [-0.25, -0.2) is 4.39 Å². The van der Waals surface area contributed by atoms with Gasteiger partial charge in [-0.05, 0) is 67.3 Å². The first-order chi connectivity index (χ1) is 9.13. The molecule has 0 amide bonds. The summed E-state index contributed by atoms with van der Waals surface area (Å²) in [4.78, 5) is 0. The van der Waals surface area contributed by atoms with Gasteiger partial charge in [0.15, 0.2) is 0 Å². The van der Waals surface area contributed by atoms with Gasteiger partial charge in [0.05, 0.1) is 0 Å². The highest BCUT2D eigenvalue weighted by molar-refractivity contribution is 6.30. The summed E-state index contributed by atoms with van der Waals surface area (Å²) in [5.74, 6) is 1.66. The molecule has 1 nitrogen and oxygen atoms in total. The van der Waals surface area contributed by atoms with Crippen molar-refractivity contribution in [3.63, 3.8) is 0 Å². The molecule has 3 unspecified atom stereocenters. The lowest BCUT2D eigenvalue weighted by atomic mass is 9.71. The van der Waals surface area contributed by atoms with Crippen LogP contribution in [-0.2, 0) is 6.42 Å². The van der Waals surface area contributed by atoms with Crippen LogP contribution in [-0.4, -0.2) is 6.54 Å². The Morgan fingerprint density at radius 2 is 2.11 bits per heavy atom. The molecule has 0 bridgehead atoms. The summed E-state index contributed by atoms with van der Waals surface area (Å²) in [5, 5.41) is 0.614. The average Bonchev–Trinajstić information content (AvgIpc) is 2.42. The largest absolute Gasteiger partial charge is 0.330 e. The van der Waals surface area contributed by atoms with Gasteiger partial charge in [-0.1, -0.05) is 31.4 Å². The van der Waals surface area contributed by atoms with Crippen LogP contribution in [0.25, 0.3) is 0 Å². The minimum atomic E-state index is -0.140. The van der Waals surface area contributed by atoms with E-state index in [4.69, 9.17) is 17.3 Å². The van der Waals surface area contributed by atoms with Crippen LogP contribution in [0.4, 0.5) is 4.39 Å². The molecule has 0 aliphatic heterocycles. The highest BCUT2D eigenvalue weighted by Gasteiger charge is 2.29. The fourth-order valence-corrected chi connectivity index (χ4v) is 3.53. The molecule has 1 aromatic rings. The predicted octanol–water partition coefficient (Wildman–Crippen LogP) is 4.42. The van der Waals surface area contributed by atoms with Crippen LogP contribution in [0.15, 0.2) is 18.2 Å². The van der Waals surface area contributed by atoms with Gasteiger partial charge >= 0.3 is 0 Å². The second-order valence-electron chi connectivity index (χ2n) is 5.78. The van der Waals surface area contributed by atoms with Crippen molar-refractivity contribution in [2.45, 2.75) is 39.0 Å². The quantitative estimate of drug-likeness (QED) is 0.869. The van der Waals surface area contributed by atoms with E-state index in [9.17, 15) is 4.39 Å². The van der Waals surface area contributed by atoms with Crippen LogP contribution in [0.3, 0.4) is 0 Å². The molecule has 3 atom stereocenters. The summed E-state index contributed by atoms with van der Waals surface area (Å²) >= 11 is 5.97. The Morgan fingerprint density at radius 1 is 1.32 bits per heavy atom. The molecule has 0 aromatic heterocycles. The highest BCUT2D eigenvalue weighted by Crippen LogP contribution is 2.37. The molecule has 1 aromatic carbocycles. The number of hydrogen-bond donors (Lipinski definition) is 1. The molecule has 0 radical (unpaired) electrons. The Hall–Kier alpha value is -0.600. The Morgan fingerprint density at radius 3 is 2.79 bits per heavy atom. The summed E-state index contributed by atoms with van der Waals surface area (Å²) in [6.45, 7) is 2.95.